The Labute approximate surface area is 152 Å². The molecule has 9 heteroatoms. The lowest BCUT2D eigenvalue weighted by Crippen LogP contribution is -2.35. The van der Waals surface area contributed by atoms with Crippen molar-refractivity contribution in [1.29, 1.82) is 0 Å². The molecule has 1 unspecified atom stereocenters. The fourth-order valence-corrected chi connectivity index (χ4v) is 2.67. The highest BCUT2D eigenvalue weighted by Crippen LogP contribution is 2.23. The van der Waals surface area contributed by atoms with Crippen molar-refractivity contribution < 1.29 is 14.6 Å². The van der Waals surface area contributed by atoms with E-state index in [1.54, 1.807) is 11.4 Å². The van der Waals surface area contributed by atoms with Crippen LogP contribution in [0.5, 0.6) is 5.75 Å². The second-order valence-electron chi connectivity index (χ2n) is 4.44. The maximum absolute atomic E-state index is 11.8. The topological polar surface area (TPSA) is 97.5 Å². The number of para-hydroxylation sites is 1. The summed E-state index contributed by atoms with van der Waals surface area (Å²) in [6.07, 6.45) is -0.816. The van der Waals surface area contributed by atoms with Gasteiger partial charge in [-0.25, -0.2) is 4.98 Å². The molecule has 2 aromatic rings. The zero-order valence-electron chi connectivity index (χ0n) is 12.1. The van der Waals surface area contributed by atoms with Gasteiger partial charge in [-0.15, -0.1) is 23.7 Å². The van der Waals surface area contributed by atoms with Crippen molar-refractivity contribution in [3.8, 4) is 5.75 Å². The van der Waals surface area contributed by atoms with E-state index in [-0.39, 0.29) is 31.5 Å². The van der Waals surface area contributed by atoms with Crippen LogP contribution in [0.2, 0.25) is 0 Å². The van der Waals surface area contributed by atoms with Crippen LogP contribution in [-0.4, -0.2) is 35.3 Å². The minimum atomic E-state index is -0.816. The molecule has 0 saturated carbocycles. The van der Waals surface area contributed by atoms with Gasteiger partial charge >= 0.3 is 0 Å². The van der Waals surface area contributed by atoms with E-state index < -0.39 is 6.10 Å². The summed E-state index contributed by atoms with van der Waals surface area (Å²) in [5.41, 5.74) is 5.76. The normalized spacial score (nSPS) is 11.4. The highest BCUT2D eigenvalue weighted by molar-refractivity contribution is 9.10. The van der Waals surface area contributed by atoms with Gasteiger partial charge in [0.25, 0.3) is 5.91 Å². The van der Waals surface area contributed by atoms with Crippen LogP contribution in [0.25, 0.3) is 0 Å². The molecule has 4 N–H and O–H groups in total. The summed E-state index contributed by atoms with van der Waals surface area (Å²) < 4.78 is 6.29. The summed E-state index contributed by atoms with van der Waals surface area (Å²) in [5.74, 6) is 0.302. The van der Waals surface area contributed by atoms with Crippen molar-refractivity contribution in [3.63, 3.8) is 0 Å². The number of hydrogen-bond donors (Lipinski definition) is 3. The fraction of sp³-hybridized carbons (Fsp3) is 0.286. The van der Waals surface area contributed by atoms with Crippen LogP contribution >= 0.6 is 39.7 Å². The summed E-state index contributed by atoms with van der Waals surface area (Å²) in [6.45, 7) is 0.465. The van der Waals surface area contributed by atoms with Crippen LogP contribution in [0.3, 0.4) is 0 Å². The Kier molecular flexibility index (Phi) is 8.49. The highest BCUT2D eigenvalue weighted by atomic mass is 79.9. The number of thiazole rings is 1. The van der Waals surface area contributed by atoms with Crippen LogP contribution in [0.4, 0.5) is 0 Å². The van der Waals surface area contributed by atoms with E-state index in [4.69, 9.17) is 10.5 Å². The van der Waals surface area contributed by atoms with Gasteiger partial charge in [-0.2, -0.15) is 0 Å². The van der Waals surface area contributed by atoms with E-state index in [0.717, 1.165) is 4.47 Å². The predicted octanol–water partition coefficient (Wildman–Crippen LogP) is 1.96. The third kappa shape index (κ3) is 6.08. The van der Waals surface area contributed by atoms with Gasteiger partial charge in [0.2, 0.25) is 0 Å². The molecule has 2 rings (SSSR count). The number of aromatic nitrogens is 1. The predicted molar refractivity (Wildman–Crippen MR) is 95.2 cm³/mol. The molecule has 1 heterocycles. The number of aliphatic hydroxyl groups is 1. The third-order valence-electron chi connectivity index (χ3n) is 2.73. The third-order valence-corrected chi connectivity index (χ3v) is 4.25. The number of nitrogens with zero attached hydrogens (tertiary/aromatic N) is 1. The zero-order chi connectivity index (χ0) is 15.9. The van der Waals surface area contributed by atoms with Crippen molar-refractivity contribution in [1.82, 2.24) is 10.3 Å². The van der Waals surface area contributed by atoms with E-state index >= 15 is 0 Å². The van der Waals surface area contributed by atoms with Gasteiger partial charge in [0.15, 0.2) is 0 Å². The lowest BCUT2D eigenvalue weighted by atomic mass is 10.3. The van der Waals surface area contributed by atoms with Crippen molar-refractivity contribution in [2.75, 3.05) is 13.2 Å². The van der Waals surface area contributed by atoms with E-state index in [2.05, 4.69) is 26.2 Å². The molecule has 0 aliphatic carbocycles. The largest absolute Gasteiger partial charge is 0.490 e. The van der Waals surface area contributed by atoms with Gasteiger partial charge in [0, 0.05) is 18.5 Å². The number of nitrogens with one attached hydrogen (secondary N) is 1. The van der Waals surface area contributed by atoms with Crippen molar-refractivity contribution in [3.05, 3.63) is 44.8 Å². The van der Waals surface area contributed by atoms with Gasteiger partial charge in [0.05, 0.1) is 4.47 Å². The Morgan fingerprint density at radius 3 is 2.87 bits per heavy atom. The quantitative estimate of drug-likeness (QED) is 0.634. The number of rotatable bonds is 7. The molecule has 1 aromatic heterocycles. The molecule has 0 saturated heterocycles. The van der Waals surface area contributed by atoms with Gasteiger partial charge in [-0.1, -0.05) is 12.1 Å². The molecule has 0 bridgehead atoms. The summed E-state index contributed by atoms with van der Waals surface area (Å²) in [5, 5.41) is 14.8. The summed E-state index contributed by atoms with van der Waals surface area (Å²) in [4.78, 5) is 15.9. The maximum atomic E-state index is 11.8. The molecule has 0 aliphatic rings. The minimum Gasteiger partial charge on any atom is -0.490 e. The molecule has 126 valence electrons. The van der Waals surface area contributed by atoms with Crippen molar-refractivity contribution in [2.45, 2.75) is 12.6 Å². The average Bonchev–Trinajstić information content (AvgIpc) is 3.01. The average molecular weight is 423 g/mol. The number of carbonyl (C=O) groups excluding carboxylic acids is 1. The number of halogens is 2. The summed E-state index contributed by atoms with van der Waals surface area (Å²) in [7, 11) is 0. The zero-order valence-corrected chi connectivity index (χ0v) is 15.3. The number of carbonyl (C=O) groups is 1. The Morgan fingerprint density at radius 2 is 2.22 bits per heavy atom. The number of ether oxygens (including phenoxy) is 1. The Bertz CT molecular complexity index is 641. The first-order valence-electron chi connectivity index (χ1n) is 6.58. The minimum absolute atomic E-state index is 0. The van der Waals surface area contributed by atoms with Crippen LogP contribution < -0.4 is 15.8 Å². The van der Waals surface area contributed by atoms with Crippen molar-refractivity contribution in [2.24, 2.45) is 5.73 Å². The maximum Gasteiger partial charge on any atom is 0.270 e. The first kappa shape index (κ1) is 19.9. The molecule has 0 fully saturated rings. The highest BCUT2D eigenvalue weighted by Gasteiger charge is 2.13. The van der Waals surface area contributed by atoms with Gasteiger partial charge in [-0.05, 0) is 28.1 Å². The molecule has 1 aromatic carbocycles. The number of hydrogen-bond acceptors (Lipinski definition) is 6. The molecule has 0 spiro atoms. The van der Waals surface area contributed by atoms with Crippen LogP contribution in [0, 0.1) is 0 Å². The molecule has 1 atom stereocenters. The Morgan fingerprint density at radius 1 is 1.48 bits per heavy atom. The first-order valence-corrected chi connectivity index (χ1v) is 8.25. The Balaban J connectivity index is 0.00000264. The summed E-state index contributed by atoms with van der Waals surface area (Å²) >= 11 is 4.69. The SMILES string of the molecule is Cl.NCc1nc(C(=O)NCC(O)COc2ccccc2Br)cs1. The molecule has 0 aliphatic heterocycles. The Hall–Kier alpha value is -1.19. The standard InChI is InChI=1S/C14H16BrN3O3S.ClH/c15-10-3-1-2-4-12(10)21-7-9(19)6-17-14(20)11-8-22-13(5-16)18-11;/h1-4,8-9,19H,5-7,16H2,(H,17,20);1H. The number of benzene rings is 1. The van der Waals surface area contributed by atoms with E-state index in [1.165, 1.54) is 11.3 Å². The molecule has 1 amide bonds. The number of aliphatic hydroxyl groups excluding tert-OH is 1. The lowest BCUT2D eigenvalue weighted by molar-refractivity contribution is 0.0839. The molecule has 0 radical (unpaired) electrons. The molecule has 6 nitrogen and oxygen atoms in total. The lowest BCUT2D eigenvalue weighted by Gasteiger charge is -2.13. The van der Waals surface area contributed by atoms with E-state index in [0.29, 0.717) is 23.0 Å². The van der Waals surface area contributed by atoms with Crippen molar-refractivity contribution >= 4 is 45.6 Å². The number of amides is 1. The van der Waals surface area contributed by atoms with Gasteiger partial charge < -0.3 is 20.9 Å². The van der Waals surface area contributed by atoms with E-state index in [9.17, 15) is 9.90 Å². The second-order valence-corrected chi connectivity index (χ2v) is 6.23. The van der Waals surface area contributed by atoms with Gasteiger partial charge in [-0.3, -0.25) is 4.79 Å². The smallest absolute Gasteiger partial charge is 0.270 e. The van der Waals surface area contributed by atoms with Crippen LogP contribution in [-0.2, 0) is 6.54 Å². The molecular formula is C14H17BrClN3O3S. The van der Waals surface area contributed by atoms with Crippen LogP contribution in [0.1, 0.15) is 15.5 Å². The molecule has 23 heavy (non-hydrogen) atoms. The van der Waals surface area contributed by atoms with E-state index in [1.807, 2.05) is 18.2 Å². The summed E-state index contributed by atoms with van der Waals surface area (Å²) in [6, 6.07) is 7.35. The second kappa shape index (κ2) is 9.84. The fourth-order valence-electron chi connectivity index (χ4n) is 1.62. The number of nitrogens with two attached hydrogens (primary N) is 1. The molecular weight excluding hydrogens is 406 g/mol. The first-order chi connectivity index (χ1) is 10.6. The van der Waals surface area contributed by atoms with Crippen LogP contribution in [0.15, 0.2) is 34.1 Å². The van der Waals surface area contributed by atoms with Gasteiger partial charge in [0.1, 0.15) is 29.2 Å². The monoisotopic (exact) mass is 421 g/mol.